The summed E-state index contributed by atoms with van der Waals surface area (Å²) in [5, 5.41) is 0. The molecular weight excluding hydrogens is 132 g/mol. The molecule has 0 saturated heterocycles. The Morgan fingerprint density at radius 3 is 2.33 bits per heavy atom. The Labute approximate surface area is 59.1 Å². The number of rotatable bonds is 0. The van der Waals surface area contributed by atoms with Gasteiger partial charge in [0.1, 0.15) is 11.3 Å². The minimum Gasteiger partial charge on any atom is -0.227 e. The van der Waals surface area contributed by atoms with Crippen LogP contribution in [0.3, 0.4) is 0 Å². The van der Waals surface area contributed by atoms with Gasteiger partial charge in [-0.15, -0.1) is 0 Å². The molecule has 1 heterocycles. The number of aromatic nitrogens is 2. The molecule has 50 valence electrons. The van der Waals surface area contributed by atoms with Crippen molar-refractivity contribution in [2.45, 2.75) is 26.2 Å². The molecule has 0 aliphatic rings. The van der Waals surface area contributed by atoms with E-state index in [1.165, 1.54) is 11.5 Å². The smallest absolute Gasteiger partial charge is 0.147 e. The van der Waals surface area contributed by atoms with Crippen molar-refractivity contribution >= 4 is 11.5 Å². The molecule has 0 aliphatic heterocycles. The zero-order chi connectivity index (χ0) is 6.91. The second-order valence-electron chi connectivity index (χ2n) is 3.00. The lowest BCUT2D eigenvalue weighted by atomic mass is 9.96. The van der Waals surface area contributed by atoms with E-state index in [4.69, 9.17) is 0 Å². The average molecular weight is 142 g/mol. The summed E-state index contributed by atoms with van der Waals surface area (Å²) in [6.07, 6.45) is 0. The largest absolute Gasteiger partial charge is 0.227 e. The van der Waals surface area contributed by atoms with Crippen LogP contribution in [0.5, 0.6) is 0 Å². The fraction of sp³-hybridized carbons (Fsp3) is 0.667. The molecule has 0 bridgehead atoms. The van der Waals surface area contributed by atoms with Gasteiger partial charge in [0.25, 0.3) is 0 Å². The van der Waals surface area contributed by atoms with E-state index in [1.54, 1.807) is 5.51 Å². The third-order valence-electron chi connectivity index (χ3n) is 1.03. The molecule has 0 aromatic carbocycles. The van der Waals surface area contributed by atoms with Gasteiger partial charge >= 0.3 is 0 Å². The molecule has 0 amide bonds. The van der Waals surface area contributed by atoms with Crippen molar-refractivity contribution in [3.8, 4) is 0 Å². The lowest BCUT2D eigenvalue weighted by molar-refractivity contribution is 0.555. The summed E-state index contributed by atoms with van der Waals surface area (Å²) in [6, 6.07) is 0. The van der Waals surface area contributed by atoms with E-state index in [0.717, 1.165) is 5.82 Å². The molecule has 0 radical (unpaired) electrons. The zero-order valence-corrected chi connectivity index (χ0v) is 6.70. The van der Waals surface area contributed by atoms with Gasteiger partial charge in [-0.3, -0.25) is 0 Å². The lowest BCUT2D eigenvalue weighted by Crippen LogP contribution is -2.12. The maximum Gasteiger partial charge on any atom is 0.147 e. The second kappa shape index (κ2) is 2.06. The summed E-state index contributed by atoms with van der Waals surface area (Å²) >= 11 is 1.41. The molecule has 1 rings (SSSR count). The first-order valence-electron chi connectivity index (χ1n) is 2.87. The molecule has 2 nitrogen and oxygen atoms in total. The van der Waals surface area contributed by atoms with Crippen LogP contribution in [0.1, 0.15) is 26.6 Å². The van der Waals surface area contributed by atoms with Crippen molar-refractivity contribution in [3.63, 3.8) is 0 Å². The Morgan fingerprint density at radius 1 is 1.44 bits per heavy atom. The summed E-state index contributed by atoms with van der Waals surface area (Å²) in [5.74, 6) is 0.938. The molecule has 0 saturated carbocycles. The van der Waals surface area contributed by atoms with Crippen molar-refractivity contribution in [1.82, 2.24) is 9.36 Å². The molecule has 0 unspecified atom stereocenters. The molecule has 0 aliphatic carbocycles. The van der Waals surface area contributed by atoms with Crippen LogP contribution in [-0.4, -0.2) is 9.36 Å². The molecule has 9 heavy (non-hydrogen) atoms. The summed E-state index contributed by atoms with van der Waals surface area (Å²) in [4.78, 5) is 4.09. The predicted octanol–water partition coefficient (Wildman–Crippen LogP) is 1.84. The highest BCUT2D eigenvalue weighted by molar-refractivity contribution is 7.03. The zero-order valence-electron chi connectivity index (χ0n) is 5.88. The average Bonchev–Trinajstić information content (AvgIpc) is 2.08. The van der Waals surface area contributed by atoms with Crippen molar-refractivity contribution in [2.75, 3.05) is 0 Å². The summed E-state index contributed by atoms with van der Waals surface area (Å²) in [6.45, 7) is 6.32. The molecule has 0 spiro atoms. The number of hydrogen-bond donors (Lipinski definition) is 0. The Hall–Kier alpha value is -0.440. The fourth-order valence-electron chi connectivity index (χ4n) is 0.501. The van der Waals surface area contributed by atoms with Crippen LogP contribution in [0.2, 0.25) is 0 Å². The van der Waals surface area contributed by atoms with E-state index in [-0.39, 0.29) is 5.41 Å². The summed E-state index contributed by atoms with van der Waals surface area (Å²) in [7, 11) is 0. The highest BCUT2D eigenvalue weighted by Crippen LogP contribution is 2.17. The molecule has 0 fully saturated rings. The van der Waals surface area contributed by atoms with Crippen LogP contribution in [0.25, 0.3) is 0 Å². The van der Waals surface area contributed by atoms with Crippen LogP contribution in [-0.2, 0) is 5.41 Å². The Bertz CT molecular complexity index is 173. The van der Waals surface area contributed by atoms with E-state index in [0.29, 0.717) is 0 Å². The molecule has 1 aromatic rings. The van der Waals surface area contributed by atoms with Crippen LogP contribution in [0.15, 0.2) is 5.51 Å². The van der Waals surface area contributed by atoms with Crippen LogP contribution >= 0.6 is 11.5 Å². The first-order chi connectivity index (χ1) is 4.11. The highest BCUT2D eigenvalue weighted by atomic mass is 32.1. The van der Waals surface area contributed by atoms with E-state index < -0.39 is 0 Å². The van der Waals surface area contributed by atoms with E-state index >= 15 is 0 Å². The predicted molar refractivity (Wildman–Crippen MR) is 38.6 cm³/mol. The van der Waals surface area contributed by atoms with Gasteiger partial charge in [0, 0.05) is 5.41 Å². The first-order valence-corrected chi connectivity index (χ1v) is 3.71. The molecule has 3 heteroatoms. The van der Waals surface area contributed by atoms with E-state index in [1.807, 2.05) is 0 Å². The van der Waals surface area contributed by atoms with Crippen molar-refractivity contribution in [1.29, 1.82) is 0 Å². The van der Waals surface area contributed by atoms with E-state index in [2.05, 4.69) is 30.1 Å². The maximum absolute atomic E-state index is 4.12. The third-order valence-corrected chi connectivity index (χ3v) is 1.51. The van der Waals surface area contributed by atoms with Gasteiger partial charge in [-0.25, -0.2) is 4.98 Å². The van der Waals surface area contributed by atoms with Gasteiger partial charge < -0.3 is 0 Å². The minimum atomic E-state index is 0.111. The minimum absolute atomic E-state index is 0.111. The van der Waals surface area contributed by atoms with Gasteiger partial charge in [0.15, 0.2) is 0 Å². The van der Waals surface area contributed by atoms with Crippen LogP contribution in [0, 0.1) is 0 Å². The van der Waals surface area contributed by atoms with Gasteiger partial charge in [0.2, 0.25) is 0 Å². The molecule has 0 atom stereocenters. The van der Waals surface area contributed by atoms with Crippen LogP contribution < -0.4 is 0 Å². The third kappa shape index (κ3) is 1.48. The van der Waals surface area contributed by atoms with Crippen molar-refractivity contribution < 1.29 is 0 Å². The maximum atomic E-state index is 4.12. The highest BCUT2D eigenvalue weighted by Gasteiger charge is 2.16. The van der Waals surface area contributed by atoms with Gasteiger partial charge in [-0.2, -0.15) is 4.37 Å². The van der Waals surface area contributed by atoms with Gasteiger partial charge in [-0.1, -0.05) is 20.8 Å². The van der Waals surface area contributed by atoms with Gasteiger partial charge in [0.05, 0.1) is 0 Å². The van der Waals surface area contributed by atoms with E-state index in [9.17, 15) is 0 Å². The molecule has 1 aromatic heterocycles. The van der Waals surface area contributed by atoms with Crippen LogP contribution in [0.4, 0.5) is 0 Å². The topological polar surface area (TPSA) is 25.8 Å². The van der Waals surface area contributed by atoms with Gasteiger partial charge in [-0.05, 0) is 11.5 Å². The molecular formula is C6H10N2S. The van der Waals surface area contributed by atoms with Crippen molar-refractivity contribution in [2.24, 2.45) is 0 Å². The molecule has 0 N–H and O–H groups in total. The summed E-state index contributed by atoms with van der Waals surface area (Å²) in [5.41, 5.74) is 1.88. The van der Waals surface area contributed by atoms with Crippen molar-refractivity contribution in [3.05, 3.63) is 11.3 Å². The SMILES string of the molecule is CC(C)(C)c1ncsn1. The second-order valence-corrected chi connectivity index (χ2v) is 3.61. The standard InChI is InChI=1S/C6H10N2S/c1-6(2,3)5-7-4-9-8-5/h4H,1-3H3. The monoisotopic (exact) mass is 142 g/mol. The first kappa shape index (κ1) is 6.68. The Balaban J connectivity index is 2.90. The Morgan fingerprint density at radius 2 is 2.11 bits per heavy atom. The normalized spacial score (nSPS) is 11.9. The summed E-state index contributed by atoms with van der Waals surface area (Å²) < 4.78 is 4.12. The number of nitrogens with zero attached hydrogens (tertiary/aromatic N) is 2. The Kier molecular flexibility index (Phi) is 1.53. The lowest BCUT2D eigenvalue weighted by Gasteiger charge is -2.11. The number of hydrogen-bond acceptors (Lipinski definition) is 3. The quantitative estimate of drug-likeness (QED) is 0.552. The fourth-order valence-corrected chi connectivity index (χ4v) is 1.12.